The van der Waals surface area contributed by atoms with E-state index in [1.165, 1.54) is 12.1 Å². The quantitative estimate of drug-likeness (QED) is 0.867. The van der Waals surface area contributed by atoms with Crippen molar-refractivity contribution in [2.75, 3.05) is 18.0 Å². The van der Waals surface area contributed by atoms with Crippen molar-refractivity contribution in [1.82, 2.24) is 14.9 Å². The number of rotatable bonds is 4. The summed E-state index contributed by atoms with van der Waals surface area (Å²) in [6, 6.07) is 3.95. The van der Waals surface area contributed by atoms with Crippen molar-refractivity contribution in [3.8, 4) is 0 Å². The smallest absolute Gasteiger partial charge is 0.240 e. The molecule has 1 saturated heterocycles. The van der Waals surface area contributed by atoms with Crippen LogP contribution in [0, 0.1) is 5.82 Å². The van der Waals surface area contributed by atoms with E-state index in [4.69, 9.17) is 5.73 Å². The minimum absolute atomic E-state index is 0.0522. The first-order valence-electron chi connectivity index (χ1n) is 9.11. The van der Waals surface area contributed by atoms with Crippen LogP contribution in [0.4, 0.5) is 14.7 Å². The third-order valence-corrected chi connectivity index (χ3v) is 5.32. The number of imidazole rings is 1. The topological polar surface area (TPSA) is 76.2 Å². The van der Waals surface area contributed by atoms with E-state index in [9.17, 15) is 13.6 Å². The lowest BCUT2D eigenvalue weighted by Gasteiger charge is -2.34. The SMILES string of the molecule is N[C@@H]1CN(c2nc3ccc(F)cc3n2CC(=O)NC2CCC2)CC[C@H]1F. The largest absolute Gasteiger partial charge is 0.352 e. The summed E-state index contributed by atoms with van der Waals surface area (Å²) in [4.78, 5) is 18.9. The third kappa shape index (κ3) is 3.25. The molecule has 2 fully saturated rings. The van der Waals surface area contributed by atoms with Crippen molar-refractivity contribution in [1.29, 1.82) is 0 Å². The highest BCUT2D eigenvalue weighted by Crippen LogP contribution is 2.27. The molecule has 140 valence electrons. The molecule has 1 aliphatic heterocycles. The molecule has 0 unspecified atom stereocenters. The van der Waals surface area contributed by atoms with Crippen LogP contribution in [0.1, 0.15) is 25.7 Å². The van der Waals surface area contributed by atoms with Crippen LogP contribution < -0.4 is 16.0 Å². The number of hydrogen-bond donors (Lipinski definition) is 2. The fraction of sp³-hybridized carbons (Fsp3) is 0.556. The van der Waals surface area contributed by atoms with Gasteiger partial charge in [-0.1, -0.05) is 0 Å². The second kappa shape index (κ2) is 6.83. The first-order valence-corrected chi connectivity index (χ1v) is 9.11. The Bertz CT molecular complexity index is 819. The van der Waals surface area contributed by atoms with Gasteiger partial charge in [-0.25, -0.2) is 13.8 Å². The van der Waals surface area contributed by atoms with Crippen LogP contribution in [-0.2, 0) is 11.3 Å². The summed E-state index contributed by atoms with van der Waals surface area (Å²) in [5.41, 5.74) is 7.03. The molecule has 8 heteroatoms. The second-order valence-electron chi connectivity index (χ2n) is 7.24. The Morgan fingerprint density at radius 2 is 2.15 bits per heavy atom. The number of nitrogens with two attached hydrogens (primary N) is 1. The highest BCUT2D eigenvalue weighted by Gasteiger charge is 2.30. The molecule has 0 spiro atoms. The van der Waals surface area contributed by atoms with Crippen molar-refractivity contribution in [3.05, 3.63) is 24.0 Å². The first-order chi connectivity index (χ1) is 12.5. The zero-order valence-corrected chi connectivity index (χ0v) is 14.5. The third-order valence-electron chi connectivity index (χ3n) is 5.32. The summed E-state index contributed by atoms with van der Waals surface area (Å²) >= 11 is 0. The molecule has 2 atom stereocenters. The molecule has 1 aromatic carbocycles. The van der Waals surface area contributed by atoms with E-state index in [0.717, 1.165) is 19.3 Å². The van der Waals surface area contributed by atoms with Crippen LogP contribution in [0.3, 0.4) is 0 Å². The number of fused-ring (bicyclic) bond motifs is 1. The van der Waals surface area contributed by atoms with E-state index in [1.807, 2.05) is 4.90 Å². The molecule has 2 aliphatic rings. The highest BCUT2D eigenvalue weighted by molar-refractivity contribution is 5.83. The van der Waals surface area contributed by atoms with E-state index < -0.39 is 12.2 Å². The molecule has 3 N–H and O–H groups in total. The first kappa shape index (κ1) is 17.2. The lowest BCUT2D eigenvalue weighted by molar-refractivity contribution is -0.122. The van der Waals surface area contributed by atoms with Gasteiger partial charge in [0.1, 0.15) is 18.5 Å². The molecule has 0 bridgehead atoms. The van der Waals surface area contributed by atoms with Crippen molar-refractivity contribution in [3.63, 3.8) is 0 Å². The number of hydrogen-bond acceptors (Lipinski definition) is 4. The molecule has 2 heterocycles. The Labute approximate surface area is 150 Å². The number of anilines is 1. The Balaban J connectivity index is 1.65. The van der Waals surface area contributed by atoms with Crippen LogP contribution in [0.25, 0.3) is 11.0 Å². The average Bonchev–Trinajstić information content (AvgIpc) is 2.91. The van der Waals surface area contributed by atoms with Gasteiger partial charge in [0.15, 0.2) is 0 Å². The zero-order valence-electron chi connectivity index (χ0n) is 14.5. The lowest BCUT2D eigenvalue weighted by atomic mass is 9.93. The van der Waals surface area contributed by atoms with E-state index in [-0.39, 0.29) is 24.3 Å². The molecule has 0 radical (unpaired) electrons. The number of benzene rings is 1. The number of carbonyl (C=O) groups excluding carboxylic acids is 1. The normalized spacial score (nSPS) is 23.9. The van der Waals surface area contributed by atoms with Crippen LogP contribution in [0.15, 0.2) is 18.2 Å². The van der Waals surface area contributed by atoms with Crippen LogP contribution in [-0.4, -0.2) is 46.8 Å². The Morgan fingerprint density at radius 1 is 1.35 bits per heavy atom. The standard InChI is InChI=1S/C18H23F2N5O/c19-11-4-5-15-16(8-11)25(10-17(26)22-12-2-1-3-12)18(23-15)24-7-6-13(20)14(21)9-24/h4-5,8,12-14H,1-3,6-7,9-10,21H2,(H,22,26)/t13-,14-/m1/s1. The maximum Gasteiger partial charge on any atom is 0.240 e. The predicted octanol–water partition coefficient (Wildman–Crippen LogP) is 1.72. The monoisotopic (exact) mass is 363 g/mol. The summed E-state index contributed by atoms with van der Waals surface area (Å²) in [6.45, 7) is 0.832. The summed E-state index contributed by atoms with van der Waals surface area (Å²) in [5.74, 6) is 0.0321. The summed E-state index contributed by atoms with van der Waals surface area (Å²) < 4.78 is 29.2. The minimum atomic E-state index is -1.04. The van der Waals surface area contributed by atoms with Crippen molar-refractivity contribution >= 4 is 22.9 Å². The number of halogens is 2. The van der Waals surface area contributed by atoms with Gasteiger partial charge in [0.2, 0.25) is 11.9 Å². The molecule has 26 heavy (non-hydrogen) atoms. The minimum Gasteiger partial charge on any atom is -0.352 e. The summed E-state index contributed by atoms with van der Waals surface area (Å²) in [6.07, 6.45) is 2.40. The molecule has 6 nitrogen and oxygen atoms in total. The summed E-state index contributed by atoms with van der Waals surface area (Å²) in [7, 11) is 0. The maximum absolute atomic E-state index is 13.8. The number of piperidine rings is 1. The zero-order chi connectivity index (χ0) is 18.3. The Hall–Kier alpha value is -2.22. The molecule has 1 saturated carbocycles. The van der Waals surface area contributed by atoms with Gasteiger partial charge >= 0.3 is 0 Å². The van der Waals surface area contributed by atoms with Crippen LogP contribution in [0.2, 0.25) is 0 Å². The number of nitrogens with zero attached hydrogens (tertiary/aromatic N) is 3. The maximum atomic E-state index is 13.8. The van der Waals surface area contributed by atoms with Crippen molar-refractivity contribution in [2.24, 2.45) is 5.73 Å². The molecule has 1 amide bonds. The molecule has 2 aromatic rings. The highest BCUT2D eigenvalue weighted by atomic mass is 19.1. The number of carbonyl (C=O) groups is 1. The van der Waals surface area contributed by atoms with Gasteiger partial charge in [0, 0.05) is 19.1 Å². The van der Waals surface area contributed by atoms with E-state index in [2.05, 4.69) is 10.3 Å². The van der Waals surface area contributed by atoms with Crippen molar-refractivity contribution < 1.29 is 13.6 Å². The van der Waals surface area contributed by atoms with Gasteiger partial charge in [-0.05, 0) is 43.9 Å². The number of nitrogens with one attached hydrogen (secondary N) is 1. The van der Waals surface area contributed by atoms with Gasteiger partial charge in [0.05, 0.1) is 17.1 Å². The van der Waals surface area contributed by atoms with Gasteiger partial charge in [-0.3, -0.25) is 4.79 Å². The molecule has 1 aliphatic carbocycles. The van der Waals surface area contributed by atoms with Gasteiger partial charge in [-0.15, -0.1) is 0 Å². The molecule has 1 aromatic heterocycles. The van der Waals surface area contributed by atoms with Crippen LogP contribution in [0.5, 0.6) is 0 Å². The predicted molar refractivity (Wildman–Crippen MR) is 95.2 cm³/mol. The van der Waals surface area contributed by atoms with Gasteiger partial charge < -0.3 is 20.5 Å². The second-order valence-corrected chi connectivity index (χ2v) is 7.24. The van der Waals surface area contributed by atoms with Gasteiger partial charge in [-0.2, -0.15) is 0 Å². The molecular formula is C18H23F2N5O. The number of aromatic nitrogens is 2. The Morgan fingerprint density at radius 3 is 2.85 bits per heavy atom. The van der Waals surface area contributed by atoms with Crippen LogP contribution >= 0.6 is 0 Å². The average molecular weight is 363 g/mol. The van der Waals surface area contributed by atoms with E-state index in [1.54, 1.807) is 10.6 Å². The van der Waals surface area contributed by atoms with Crippen molar-refractivity contribution in [2.45, 2.75) is 50.5 Å². The fourth-order valence-electron chi connectivity index (χ4n) is 3.58. The van der Waals surface area contributed by atoms with E-state index >= 15 is 0 Å². The van der Waals surface area contributed by atoms with E-state index in [0.29, 0.717) is 36.5 Å². The lowest BCUT2D eigenvalue weighted by Crippen LogP contribution is -2.50. The number of alkyl halides is 1. The molecule has 4 rings (SSSR count). The fourth-order valence-corrected chi connectivity index (χ4v) is 3.58. The Kier molecular flexibility index (Phi) is 4.52. The molecular weight excluding hydrogens is 340 g/mol. The number of amides is 1. The van der Waals surface area contributed by atoms with Gasteiger partial charge in [0.25, 0.3) is 0 Å². The summed E-state index contributed by atoms with van der Waals surface area (Å²) in [5, 5.41) is 3.00.